The first-order valence-electron chi connectivity index (χ1n) is 9.08. The molecule has 2 aromatic rings. The zero-order chi connectivity index (χ0) is 19.4. The molecule has 144 valence electrons. The Bertz CT molecular complexity index is 804. The molecule has 0 aromatic heterocycles. The summed E-state index contributed by atoms with van der Waals surface area (Å²) in [6.45, 7) is 5.54. The molecule has 0 atom stereocenters. The van der Waals surface area contributed by atoms with Crippen molar-refractivity contribution in [2.75, 3.05) is 26.2 Å². The number of hydrogen-bond acceptors (Lipinski definition) is 2. The van der Waals surface area contributed by atoms with Gasteiger partial charge < -0.3 is 4.90 Å². The lowest BCUT2D eigenvalue weighted by Gasteiger charge is -2.23. The predicted molar refractivity (Wildman–Crippen MR) is 98.4 cm³/mol. The van der Waals surface area contributed by atoms with Crippen LogP contribution in [0.2, 0.25) is 0 Å². The van der Waals surface area contributed by atoms with E-state index in [1.165, 1.54) is 23.3 Å². The molecule has 1 saturated heterocycles. The molecule has 0 bridgehead atoms. The summed E-state index contributed by atoms with van der Waals surface area (Å²) in [5.41, 5.74) is 1.80. The van der Waals surface area contributed by atoms with Gasteiger partial charge in [0, 0.05) is 38.3 Å². The first kappa shape index (κ1) is 19.4. The zero-order valence-corrected chi connectivity index (χ0v) is 15.3. The number of aryl methyl sites for hydroxylation is 1. The molecule has 2 aromatic carbocycles. The fourth-order valence-electron chi connectivity index (χ4n) is 3.37. The van der Waals surface area contributed by atoms with Gasteiger partial charge in [-0.3, -0.25) is 9.69 Å². The van der Waals surface area contributed by atoms with Gasteiger partial charge in [0.2, 0.25) is 0 Å². The average Bonchev–Trinajstić information content (AvgIpc) is 2.88. The quantitative estimate of drug-likeness (QED) is 0.795. The maximum atomic E-state index is 12.9. The Morgan fingerprint density at radius 3 is 2.52 bits per heavy atom. The van der Waals surface area contributed by atoms with E-state index in [9.17, 15) is 18.0 Å². The van der Waals surface area contributed by atoms with Crippen LogP contribution >= 0.6 is 0 Å². The van der Waals surface area contributed by atoms with E-state index in [0.717, 1.165) is 31.6 Å². The van der Waals surface area contributed by atoms with Crippen molar-refractivity contribution in [3.05, 3.63) is 70.8 Å². The van der Waals surface area contributed by atoms with E-state index >= 15 is 0 Å². The Labute approximate surface area is 157 Å². The molecule has 1 heterocycles. The molecule has 6 heteroatoms. The Balaban J connectivity index is 1.66. The number of benzene rings is 2. The van der Waals surface area contributed by atoms with Crippen LogP contribution in [-0.2, 0) is 12.7 Å². The minimum Gasteiger partial charge on any atom is -0.337 e. The molecule has 0 saturated carbocycles. The topological polar surface area (TPSA) is 23.6 Å². The molecule has 1 fully saturated rings. The predicted octanol–water partition coefficient (Wildman–Crippen LogP) is 4.36. The number of amides is 1. The highest BCUT2D eigenvalue weighted by molar-refractivity contribution is 5.94. The third kappa shape index (κ3) is 4.89. The summed E-state index contributed by atoms with van der Waals surface area (Å²) in [4.78, 5) is 16.6. The van der Waals surface area contributed by atoms with Crippen molar-refractivity contribution in [1.82, 2.24) is 9.80 Å². The fraction of sp³-hybridized carbons (Fsp3) is 0.381. The SMILES string of the molecule is Cc1ccccc1CN1CCCN(C(=O)c2cccc(C(F)(F)F)c2)CC1. The first-order valence-corrected chi connectivity index (χ1v) is 9.08. The molecule has 27 heavy (non-hydrogen) atoms. The lowest BCUT2D eigenvalue weighted by molar-refractivity contribution is -0.137. The molecule has 1 aliphatic rings. The van der Waals surface area contributed by atoms with Gasteiger partial charge >= 0.3 is 6.18 Å². The van der Waals surface area contributed by atoms with Crippen molar-refractivity contribution >= 4 is 5.91 Å². The van der Waals surface area contributed by atoms with Gasteiger partial charge in [-0.15, -0.1) is 0 Å². The van der Waals surface area contributed by atoms with E-state index in [1.54, 1.807) is 4.90 Å². The van der Waals surface area contributed by atoms with E-state index in [-0.39, 0.29) is 11.5 Å². The molecule has 0 radical (unpaired) electrons. The van der Waals surface area contributed by atoms with Crippen molar-refractivity contribution in [1.29, 1.82) is 0 Å². The monoisotopic (exact) mass is 376 g/mol. The number of carbonyl (C=O) groups is 1. The number of hydrogen-bond donors (Lipinski definition) is 0. The Hall–Kier alpha value is -2.34. The van der Waals surface area contributed by atoms with Gasteiger partial charge in [-0.1, -0.05) is 30.3 Å². The first-order chi connectivity index (χ1) is 12.8. The lowest BCUT2D eigenvalue weighted by Crippen LogP contribution is -2.35. The maximum absolute atomic E-state index is 12.9. The lowest BCUT2D eigenvalue weighted by atomic mass is 10.1. The summed E-state index contributed by atoms with van der Waals surface area (Å²) < 4.78 is 38.7. The number of nitrogens with zero attached hydrogens (tertiary/aromatic N) is 2. The van der Waals surface area contributed by atoms with Gasteiger partial charge in [0.15, 0.2) is 0 Å². The van der Waals surface area contributed by atoms with Gasteiger partial charge in [-0.2, -0.15) is 13.2 Å². The number of halogens is 3. The fourth-order valence-corrected chi connectivity index (χ4v) is 3.37. The Kier molecular flexibility index (Phi) is 5.85. The minimum atomic E-state index is -4.45. The van der Waals surface area contributed by atoms with E-state index in [1.807, 2.05) is 12.1 Å². The standard InChI is InChI=1S/C21H23F3N2O/c1-16-6-2-3-7-18(16)15-25-10-5-11-26(13-12-25)20(27)17-8-4-9-19(14-17)21(22,23)24/h2-4,6-9,14H,5,10-13,15H2,1H3. The van der Waals surface area contributed by atoms with E-state index < -0.39 is 11.7 Å². The second-order valence-electron chi connectivity index (χ2n) is 6.93. The van der Waals surface area contributed by atoms with E-state index in [2.05, 4.69) is 24.0 Å². The highest BCUT2D eigenvalue weighted by Gasteiger charge is 2.31. The molecular weight excluding hydrogens is 353 g/mol. The van der Waals surface area contributed by atoms with Crippen molar-refractivity contribution in [2.24, 2.45) is 0 Å². The molecule has 0 unspecified atom stereocenters. The molecule has 0 aliphatic carbocycles. The van der Waals surface area contributed by atoms with Crippen LogP contribution in [0.3, 0.4) is 0 Å². The maximum Gasteiger partial charge on any atom is 0.416 e. The molecule has 0 N–H and O–H groups in total. The van der Waals surface area contributed by atoms with Gasteiger partial charge in [-0.05, 0) is 42.7 Å². The van der Waals surface area contributed by atoms with Crippen LogP contribution in [0.15, 0.2) is 48.5 Å². The van der Waals surface area contributed by atoms with E-state index in [4.69, 9.17) is 0 Å². The largest absolute Gasteiger partial charge is 0.416 e. The normalized spacial score (nSPS) is 16.2. The van der Waals surface area contributed by atoms with Gasteiger partial charge in [0.25, 0.3) is 5.91 Å². The average molecular weight is 376 g/mol. The molecule has 3 rings (SSSR count). The summed E-state index contributed by atoms with van der Waals surface area (Å²) >= 11 is 0. The second kappa shape index (κ2) is 8.13. The smallest absolute Gasteiger partial charge is 0.337 e. The van der Waals surface area contributed by atoms with Crippen LogP contribution in [0.1, 0.15) is 33.5 Å². The highest BCUT2D eigenvalue weighted by Crippen LogP contribution is 2.29. The van der Waals surface area contributed by atoms with Crippen LogP contribution in [0.25, 0.3) is 0 Å². The summed E-state index contributed by atoms with van der Waals surface area (Å²) in [5, 5.41) is 0. The number of alkyl halides is 3. The van der Waals surface area contributed by atoms with Crippen LogP contribution in [0.5, 0.6) is 0 Å². The minimum absolute atomic E-state index is 0.0946. The van der Waals surface area contributed by atoms with Crippen molar-refractivity contribution < 1.29 is 18.0 Å². The number of carbonyl (C=O) groups excluding carboxylic acids is 1. The van der Waals surface area contributed by atoms with Crippen LogP contribution in [0.4, 0.5) is 13.2 Å². The van der Waals surface area contributed by atoms with Gasteiger partial charge in [0.1, 0.15) is 0 Å². The van der Waals surface area contributed by atoms with Gasteiger partial charge in [-0.25, -0.2) is 0 Å². The molecular formula is C21H23F3N2O. The summed E-state index contributed by atoms with van der Waals surface area (Å²) in [6.07, 6.45) is -3.64. The highest BCUT2D eigenvalue weighted by atomic mass is 19.4. The molecule has 3 nitrogen and oxygen atoms in total. The molecule has 1 aliphatic heterocycles. The third-order valence-electron chi connectivity index (χ3n) is 4.97. The summed E-state index contributed by atoms with van der Waals surface area (Å²) in [7, 11) is 0. The molecule has 1 amide bonds. The van der Waals surface area contributed by atoms with Crippen molar-refractivity contribution in [3.63, 3.8) is 0 Å². The Morgan fingerprint density at radius 1 is 1.00 bits per heavy atom. The zero-order valence-electron chi connectivity index (χ0n) is 15.3. The second-order valence-corrected chi connectivity index (χ2v) is 6.93. The summed E-state index contributed by atoms with van der Waals surface area (Å²) in [5.74, 6) is -0.334. The van der Waals surface area contributed by atoms with E-state index in [0.29, 0.717) is 19.6 Å². The van der Waals surface area contributed by atoms with Crippen molar-refractivity contribution in [3.8, 4) is 0 Å². The van der Waals surface area contributed by atoms with Crippen molar-refractivity contribution in [2.45, 2.75) is 26.1 Å². The van der Waals surface area contributed by atoms with Crippen LogP contribution in [0, 0.1) is 6.92 Å². The summed E-state index contributed by atoms with van der Waals surface area (Å²) in [6, 6.07) is 12.9. The Morgan fingerprint density at radius 2 is 1.78 bits per heavy atom. The third-order valence-corrected chi connectivity index (χ3v) is 4.97. The van der Waals surface area contributed by atoms with Crippen LogP contribution < -0.4 is 0 Å². The van der Waals surface area contributed by atoms with Gasteiger partial charge in [0.05, 0.1) is 5.56 Å². The molecule has 0 spiro atoms. The van der Waals surface area contributed by atoms with Crippen LogP contribution in [-0.4, -0.2) is 41.9 Å². The number of rotatable bonds is 3.